The number of benzene rings is 2. The molecule has 5 heteroatoms. The van der Waals surface area contributed by atoms with Gasteiger partial charge in [-0.3, -0.25) is 4.57 Å². The zero-order valence-corrected chi connectivity index (χ0v) is 14.4. The number of aryl methyl sites for hydroxylation is 1. The van der Waals surface area contributed by atoms with Crippen molar-refractivity contribution in [3.05, 3.63) is 60.3 Å². The molecular weight excluding hydrogens is 318 g/mol. The van der Waals surface area contributed by atoms with Gasteiger partial charge in [-0.25, -0.2) is 4.98 Å². The monoisotopic (exact) mass is 335 g/mol. The molecule has 0 saturated carbocycles. The molecule has 2 aromatic carbocycles. The number of aromatic nitrogens is 2. The fraction of sp³-hybridized carbons (Fsp3) is 0.158. The van der Waals surface area contributed by atoms with Crippen LogP contribution in [-0.4, -0.2) is 22.4 Å². The van der Waals surface area contributed by atoms with Gasteiger partial charge >= 0.3 is 0 Å². The summed E-state index contributed by atoms with van der Waals surface area (Å²) in [6.45, 7) is 2.08. The number of para-hydroxylation sites is 1. The van der Waals surface area contributed by atoms with Gasteiger partial charge in [-0.2, -0.15) is 5.26 Å². The molecule has 24 heavy (non-hydrogen) atoms. The van der Waals surface area contributed by atoms with Crippen LogP contribution in [0.3, 0.4) is 0 Å². The van der Waals surface area contributed by atoms with Crippen molar-refractivity contribution < 1.29 is 4.74 Å². The Balaban J connectivity index is 2.14. The molecule has 0 bridgehead atoms. The van der Waals surface area contributed by atoms with Crippen molar-refractivity contribution >= 4 is 11.8 Å². The second kappa shape index (κ2) is 7.24. The number of ether oxygens (including phenoxy) is 1. The molecule has 120 valence electrons. The van der Waals surface area contributed by atoms with E-state index in [1.807, 2.05) is 42.6 Å². The van der Waals surface area contributed by atoms with E-state index in [9.17, 15) is 0 Å². The molecular formula is C19H17N3OS. The first-order valence-electron chi connectivity index (χ1n) is 7.52. The fourth-order valence-electron chi connectivity index (χ4n) is 2.55. The molecule has 0 fully saturated rings. The topological polar surface area (TPSA) is 50.8 Å². The van der Waals surface area contributed by atoms with Gasteiger partial charge in [0.2, 0.25) is 0 Å². The van der Waals surface area contributed by atoms with Crippen molar-refractivity contribution in [2.24, 2.45) is 0 Å². The molecule has 0 saturated heterocycles. The zero-order valence-electron chi connectivity index (χ0n) is 13.6. The molecule has 0 aliphatic heterocycles. The molecule has 0 N–H and O–H groups in total. The Morgan fingerprint density at radius 1 is 1.17 bits per heavy atom. The highest BCUT2D eigenvalue weighted by atomic mass is 32.2. The average molecular weight is 335 g/mol. The highest BCUT2D eigenvalue weighted by Gasteiger charge is 2.15. The maximum absolute atomic E-state index is 8.90. The third-order valence-corrected chi connectivity index (χ3v) is 4.56. The molecule has 0 amide bonds. The van der Waals surface area contributed by atoms with E-state index in [-0.39, 0.29) is 0 Å². The molecule has 1 aromatic heterocycles. The Hall–Kier alpha value is -2.71. The van der Waals surface area contributed by atoms with E-state index >= 15 is 0 Å². The molecule has 0 aliphatic rings. The summed E-state index contributed by atoms with van der Waals surface area (Å²) in [5.41, 5.74) is 4.27. The SMILES string of the molecule is COc1ccc(-c2cnc(SCC#N)n2-c2ccccc2C)cc1. The van der Waals surface area contributed by atoms with Crippen molar-refractivity contribution in [3.63, 3.8) is 0 Å². The summed E-state index contributed by atoms with van der Waals surface area (Å²) < 4.78 is 7.35. The van der Waals surface area contributed by atoms with Crippen LogP contribution in [0.2, 0.25) is 0 Å². The Morgan fingerprint density at radius 3 is 2.58 bits per heavy atom. The highest BCUT2D eigenvalue weighted by Crippen LogP contribution is 2.31. The van der Waals surface area contributed by atoms with Crippen molar-refractivity contribution in [1.82, 2.24) is 9.55 Å². The Bertz CT molecular complexity index is 878. The van der Waals surface area contributed by atoms with E-state index in [0.29, 0.717) is 5.75 Å². The van der Waals surface area contributed by atoms with Crippen molar-refractivity contribution in [1.29, 1.82) is 5.26 Å². The van der Waals surface area contributed by atoms with Crippen molar-refractivity contribution in [2.45, 2.75) is 12.1 Å². The number of nitriles is 1. The van der Waals surface area contributed by atoms with E-state index in [1.54, 1.807) is 7.11 Å². The fourth-order valence-corrected chi connectivity index (χ4v) is 3.19. The van der Waals surface area contributed by atoms with Gasteiger partial charge in [0, 0.05) is 5.56 Å². The third-order valence-electron chi connectivity index (χ3n) is 3.74. The normalized spacial score (nSPS) is 10.4. The number of hydrogen-bond donors (Lipinski definition) is 0. The lowest BCUT2D eigenvalue weighted by Crippen LogP contribution is -2.01. The summed E-state index contributed by atoms with van der Waals surface area (Å²) in [5, 5.41) is 9.72. The average Bonchev–Trinajstić information content (AvgIpc) is 3.04. The number of imidazole rings is 1. The first-order valence-corrected chi connectivity index (χ1v) is 8.51. The lowest BCUT2D eigenvalue weighted by Gasteiger charge is -2.14. The smallest absolute Gasteiger partial charge is 0.174 e. The van der Waals surface area contributed by atoms with E-state index < -0.39 is 0 Å². The van der Waals surface area contributed by atoms with Crippen LogP contribution in [0.4, 0.5) is 0 Å². The predicted octanol–water partition coefficient (Wildman–Crippen LogP) is 4.47. The molecule has 0 atom stereocenters. The summed E-state index contributed by atoms with van der Waals surface area (Å²) >= 11 is 1.44. The van der Waals surface area contributed by atoms with Crippen molar-refractivity contribution in [3.8, 4) is 28.8 Å². The van der Waals surface area contributed by atoms with Gasteiger partial charge in [-0.15, -0.1) is 0 Å². The maximum Gasteiger partial charge on any atom is 0.174 e. The van der Waals surface area contributed by atoms with Gasteiger partial charge in [-0.05, 0) is 42.8 Å². The molecule has 0 aliphatic carbocycles. The van der Waals surface area contributed by atoms with Crippen LogP contribution in [0.5, 0.6) is 5.75 Å². The lowest BCUT2D eigenvalue weighted by molar-refractivity contribution is 0.415. The van der Waals surface area contributed by atoms with Crippen molar-refractivity contribution in [2.75, 3.05) is 12.9 Å². The number of hydrogen-bond acceptors (Lipinski definition) is 4. The van der Waals surface area contributed by atoms with E-state index in [4.69, 9.17) is 10.00 Å². The number of methoxy groups -OCH3 is 1. The second-order valence-corrected chi connectivity index (χ2v) is 6.17. The Labute approximate surface area is 145 Å². The Kier molecular flexibility index (Phi) is 4.88. The minimum absolute atomic E-state index is 0.366. The van der Waals surface area contributed by atoms with Crippen LogP contribution in [0.15, 0.2) is 59.9 Å². The molecule has 0 unspecified atom stereocenters. The van der Waals surface area contributed by atoms with Gasteiger partial charge in [0.05, 0.1) is 36.5 Å². The molecule has 3 rings (SSSR count). The van der Waals surface area contributed by atoms with Gasteiger partial charge in [-0.1, -0.05) is 30.0 Å². The molecule has 3 aromatic rings. The maximum atomic E-state index is 8.90. The van der Waals surface area contributed by atoms with Crippen LogP contribution >= 0.6 is 11.8 Å². The Morgan fingerprint density at radius 2 is 1.92 bits per heavy atom. The minimum Gasteiger partial charge on any atom is -0.497 e. The van der Waals surface area contributed by atoms with Gasteiger partial charge in [0.1, 0.15) is 5.75 Å². The minimum atomic E-state index is 0.366. The first-order chi connectivity index (χ1) is 11.7. The van der Waals surface area contributed by atoms with Crippen LogP contribution in [0.25, 0.3) is 16.9 Å². The van der Waals surface area contributed by atoms with Crippen LogP contribution in [-0.2, 0) is 0 Å². The standard InChI is InChI=1S/C19H17N3OS/c1-14-5-3-4-6-17(14)22-18(13-21-19(22)24-12-11-20)15-7-9-16(23-2)10-8-15/h3-10,13H,12H2,1-2H3. The van der Waals surface area contributed by atoms with Gasteiger partial charge < -0.3 is 4.74 Å². The highest BCUT2D eigenvalue weighted by molar-refractivity contribution is 7.99. The molecule has 0 spiro atoms. The second-order valence-electron chi connectivity index (χ2n) is 5.22. The summed E-state index contributed by atoms with van der Waals surface area (Å²) in [6, 6.07) is 18.3. The van der Waals surface area contributed by atoms with Crippen LogP contribution < -0.4 is 4.74 Å². The number of nitrogens with zero attached hydrogens (tertiary/aromatic N) is 3. The van der Waals surface area contributed by atoms with Crippen LogP contribution in [0.1, 0.15) is 5.56 Å². The predicted molar refractivity (Wildman–Crippen MR) is 96.6 cm³/mol. The number of rotatable bonds is 5. The van der Waals surface area contributed by atoms with Gasteiger partial charge in [0.25, 0.3) is 0 Å². The van der Waals surface area contributed by atoms with E-state index in [0.717, 1.165) is 33.4 Å². The van der Waals surface area contributed by atoms with Crippen LogP contribution in [0, 0.1) is 18.3 Å². The summed E-state index contributed by atoms with van der Waals surface area (Å²) in [6.07, 6.45) is 1.86. The zero-order chi connectivity index (χ0) is 16.9. The quantitative estimate of drug-likeness (QED) is 0.645. The largest absolute Gasteiger partial charge is 0.497 e. The third kappa shape index (κ3) is 3.15. The number of thioether (sulfide) groups is 1. The summed E-state index contributed by atoms with van der Waals surface area (Å²) in [7, 11) is 1.66. The molecule has 4 nitrogen and oxygen atoms in total. The first kappa shape index (κ1) is 16.2. The van der Waals surface area contributed by atoms with Gasteiger partial charge in [0.15, 0.2) is 5.16 Å². The molecule has 0 radical (unpaired) electrons. The lowest BCUT2D eigenvalue weighted by atomic mass is 10.1. The summed E-state index contributed by atoms with van der Waals surface area (Å²) in [5.74, 6) is 1.19. The van der Waals surface area contributed by atoms with E-state index in [2.05, 4.69) is 34.7 Å². The molecule has 1 heterocycles. The summed E-state index contributed by atoms with van der Waals surface area (Å²) in [4.78, 5) is 4.53. The van der Waals surface area contributed by atoms with E-state index in [1.165, 1.54) is 11.8 Å².